The molecule has 0 saturated heterocycles. The molecule has 0 aliphatic carbocycles. The summed E-state index contributed by atoms with van der Waals surface area (Å²) < 4.78 is 0. The molecule has 0 aromatic rings. The first-order chi connectivity index (χ1) is 22.0. The summed E-state index contributed by atoms with van der Waals surface area (Å²) >= 11 is 0. The van der Waals surface area contributed by atoms with Crippen molar-refractivity contribution in [1.29, 1.82) is 0 Å². The molecule has 0 radical (unpaired) electrons. The van der Waals surface area contributed by atoms with Gasteiger partial charge < -0.3 is 112 Å². The van der Waals surface area contributed by atoms with Gasteiger partial charge >= 0.3 is 39.6 Å². The topological polar surface area (TPSA) is 507 Å². The molecule has 0 N–H and O–H groups in total. The molecule has 0 rings (SSSR count). The average molecular weight is 2200 g/mol. The van der Waals surface area contributed by atoms with Gasteiger partial charge in [0.15, 0.2) is 0 Å². The van der Waals surface area contributed by atoms with E-state index in [1.165, 1.54) is 0 Å². The van der Waals surface area contributed by atoms with Gasteiger partial charge in [0, 0.05) is 119 Å². The molecule has 22 nitrogen and oxygen atoms in total. The van der Waals surface area contributed by atoms with E-state index in [-0.39, 0.29) is 158 Å². The summed E-state index contributed by atoms with van der Waals surface area (Å²) in [6, 6.07) is 0. The summed E-state index contributed by atoms with van der Waals surface area (Å²) in [5.41, 5.74) is 0. The molecule has 0 aliphatic heterocycles. The van der Waals surface area contributed by atoms with Gasteiger partial charge in [0.2, 0.25) is 0 Å². The zero-order chi connectivity index (χ0) is 44.0. The normalized spacial score (nSPS) is 2.54. The minimum Gasteiger partial charge on any atom is -0.857 e. The first kappa shape index (κ1) is 249. The van der Waals surface area contributed by atoms with Gasteiger partial charge in [-0.15, -0.1) is 0 Å². The molecule has 0 aromatic heterocycles. The Morgan fingerprint density at radius 3 is 0.0962 bits per heavy atom. The summed E-state index contributed by atoms with van der Waals surface area (Å²) in [4.78, 5) is 0. The van der Waals surface area contributed by atoms with Gasteiger partial charge in [-0.3, -0.25) is 0 Å². The SMILES string of the molecule is C[O-].C[O-].C[O-].C[O-].C[O-].C[O-].C[O-].C[O-].C[O-].C[O-].C[O-].C[O-].C[O-].C[O-].C[O-].C[O-].C[O-].C[O-].C[O-].C[O-].C[O-].C[O-].[Os+2].[Os+2].[Os].[Os].[Os].[Os].[Os].[Os]. The van der Waals surface area contributed by atoms with E-state index in [2.05, 4.69) is 0 Å². The van der Waals surface area contributed by atoms with E-state index in [4.69, 9.17) is 112 Å². The maximum Gasteiger partial charge on any atom is 2.00 e. The van der Waals surface area contributed by atoms with Crippen molar-refractivity contribution in [3.05, 3.63) is 0 Å². The van der Waals surface area contributed by atoms with E-state index < -0.39 is 0 Å². The fourth-order valence-corrected chi connectivity index (χ4v) is 0. The minimum absolute atomic E-state index is 0. The van der Waals surface area contributed by atoms with Crippen LogP contribution < -0.4 is 112 Å². The third kappa shape index (κ3) is 8660. The summed E-state index contributed by atoms with van der Waals surface area (Å²) in [6.45, 7) is 0. The molecule has 368 valence electrons. The van der Waals surface area contributed by atoms with Crippen LogP contribution in [0.15, 0.2) is 0 Å². The maximum absolute atomic E-state index is 8.25. The predicted molar refractivity (Wildman–Crippen MR) is 130 cm³/mol. The standard InChI is InChI=1S/22CH3O.8Os/c22*1-2;;;;;;;;/h22*1H3;;;;;;;;/q22*-1;;;;;;;2*+2. The van der Waals surface area contributed by atoms with Crippen LogP contribution in [0, 0.1) is 0 Å². The van der Waals surface area contributed by atoms with Crippen molar-refractivity contribution in [3.8, 4) is 0 Å². The van der Waals surface area contributed by atoms with Crippen molar-refractivity contribution in [2.75, 3.05) is 156 Å². The van der Waals surface area contributed by atoms with Crippen LogP contribution in [0.4, 0.5) is 0 Å². The van der Waals surface area contributed by atoms with Crippen molar-refractivity contribution in [3.63, 3.8) is 0 Å². The first-order valence-electron chi connectivity index (χ1n) is 8.98. The molecule has 0 saturated carbocycles. The van der Waals surface area contributed by atoms with Crippen molar-refractivity contribution >= 4 is 0 Å². The molecule has 52 heavy (non-hydrogen) atoms. The Bertz CT molecular complexity index is 76.2. The second kappa shape index (κ2) is 9150. The van der Waals surface area contributed by atoms with Crippen LogP contribution in [0.1, 0.15) is 0 Å². The molecule has 0 aromatic carbocycles. The Kier molecular flexibility index (Phi) is 43900. The van der Waals surface area contributed by atoms with Gasteiger partial charge in [-0.2, -0.15) is 156 Å². The van der Waals surface area contributed by atoms with Gasteiger partial charge in [0.25, 0.3) is 0 Å². The van der Waals surface area contributed by atoms with E-state index in [0.717, 1.165) is 156 Å². The van der Waals surface area contributed by atoms with Crippen LogP contribution >= 0.6 is 0 Å². The van der Waals surface area contributed by atoms with Crippen LogP contribution in [-0.4, -0.2) is 156 Å². The third-order valence-electron chi connectivity index (χ3n) is 0. The summed E-state index contributed by atoms with van der Waals surface area (Å²) in [6.07, 6.45) is 0. The molecule has 0 unspecified atom stereocenters. The Morgan fingerprint density at radius 2 is 0.0962 bits per heavy atom. The van der Waals surface area contributed by atoms with Crippen molar-refractivity contribution in [1.82, 2.24) is 0 Å². The van der Waals surface area contributed by atoms with Crippen LogP contribution in [0.3, 0.4) is 0 Å². The third-order valence-corrected chi connectivity index (χ3v) is 0. The van der Waals surface area contributed by atoms with Crippen LogP contribution in [0.2, 0.25) is 0 Å². The first-order valence-corrected chi connectivity index (χ1v) is 8.98. The second-order valence-corrected chi connectivity index (χ2v) is 0. The number of hydrogen-bond donors (Lipinski definition) is 0. The Balaban J connectivity index is -0.00000000346. The van der Waals surface area contributed by atoms with E-state index >= 15 is 0 Å². The molecule has 0 bridgehead atoms. The molecule has 0 amide bonds. The zero-order valence-electron chi connectivity index (χ0n) is 33.8. The van der Waals surface area contributed by atoms with Crippen LogP contribution in [0.25, 0.3) is 0 Å². The summed E-state index contributed by atoms with van der Waals surface area (Å²) in [5.74, 6) is 0. The smallest absolute Gasteiger partial charge is 0.857 e. The average Bonchev–Trinajstić information content (AvgIpc) is 3.28. The summed E-state index contributed by atoms with van der Waals surface area (Å²) in [5, 5.41) is 182. The van der Waals surface area contributed by atoms with Crippen molar-refractivity contribution < 1.29 is 271 Å². The van der Waals surface area contributed by atoms with E-state index in [1.807, 2.05) is 0 Å². The fourth-order valence-electron chi connectivity index (χ4n) is 0. The molecule has 0 fully saturated rings. The number of rotatable bonds is 0. The molecule has 0 heterocycles. The van der Waals surface area contributed by atoms with Crippen molar-refractivity contribution in [2.24, 2.45) is 0 Å². The van der Waals surface area contributed by atoms with Gasteiger partial charge in [-0.25, -0.2) is 0 Å². The van der Waals surface area contributed by atoms with E-state index in [9.17, 15) is 0 Å². The second-order valence-electron chi connectivity index (χ2n) is 0. The quantitative estimate of drug-likeness (QED) is 0.217. The van der Waals surface area contributed by atoms with Gasteiger partial charge in [-0.05, 0) is 0 Å². The fraction of sp³-hybridized carbons (Fsp3) is 1.00. The van der Waals surface area contributed by atoms with Crippen LogP contribution in [0.5, 0.6) is 0 Å². The molecular weight excluding hydrogens is 2140 g/mol. The Morgan fingerprint density at radius 1 is 0.0962 bits per heavy atom. The molecule has 0 spiro atoms. The monoisotopic (exact) mass is 2220 g/mol. The largest absolute Gasteiger partial charge is 2.00 e. The Labute approximate surface area is 422 Å². The van der Waals surface area contributed by atoms with E-state index in [1.54, 1.807) is 0 Å². The van der Waals surface area contributed by atoms with Crippen LogP contribution in [-0.2, 0) is 158 Å². The minimum atomic E-state index is 0. The zero-order valence-corrected chi connectivity index (χ0v) is 54.1. The summed E-state index contributed by atoms with van der Waals surface area (Å²) in [7, 11) is 16.5. The van der Waals surface area contributed by atoms with Gasteiger partial charge in [-0.1, -0.05) is 0 Å². The molecule has 0 atom stereocenters. The molecular formula is C22H66O22Os8-18. The number of hydrogen-bond acceptors (Lipinski definition) is 22. The van der Waals surface area contributed by atoms with E-state index in [0.29, 0.717) is 0 Å². The predicted octanol–water partition coefficient (Wildman–Crippen LogP) is -22.5. The molecule has 0 aliphatic rings. The van der Waals surface area contributed by atoms with Gasteiger partial charge in [0.1, 0.15) is 0 Å². The van der Waals surface area contributed by atoms with Gasteiger partial charge in [0.05, 0.1) is 0 Å². The Hall–Kier alpha value is 4.21. The maximum atomic E-state index is 8.25. The molecule has 30 heteroatoms. The van der Waals surface area contributed by atoms with Crippen molar-refractivity contribution in [2.45, 2.75) is 0 Å².